The molecule has 1 aromatic rings. The molecule has 1 rings (SSSR count). The van der Waals surface area contributed by atoms with Crippen molar-refractivity contribution in [2.75, 3.05) is 7.11 Å². The fourth-order valence-corrected chi connectivity index (χ4v) is 1.23. The fraction of sp³-hybridized carbons (Fsp3) is 0.455. The van der Waals surface area contributed by atoms with Crippen LogP contribution < -0.4 is 10.3 Å². The van der Waals surface area contributed by atoms with Crippen LogP contribution in [-0.2, 0) is 16.1 Å². The molecule has 0 aliphatic carbocycles. The molecule has 0 bridgehead atoms. The average Bonchev–Trinajstić information content (AvgIpc) is 2.20. The van der Waals surface area contributed by atoms with E-state index >= 15 is 0 Å². The summed E-state index contributed by atoms with van der Waals surface area (Å²) in [6.45, 7) is 3.41. The van der Waals surface area contributed by atoms with Crippen LogP contribution in [0.1, 0.15) is 13.8 Å². The lowest BCUT2D eigenvalue weighted by Gasteiger charge is -2.09. The number of methoxy groups -OCH3 is 1. The topological polar surface area (TPSA) is 57.5 Å². The van der Waals surface area contributed by atoms with Gasteiger partial charge in [-0.1, -0.05) is 0 Å². The van der Waals surface area contributed by atoms with Crippen LogP contribution >= 0.6 is 0 Å². The van der Waals surface area contributed by atoms with E-state index in [0.29, 0.717) is 0 Å². The van der Waals surface area contributed by atoms with Gasteiger partial charge in [0.25, 0.3) is 5.56 Å². The summed E-state index contributed by atoms with van der Waals surface area (Å²) in [4.78, 5) is 23.0. The minimum absolute atomic E-state index is 0.103. The first-order valence-electron chi connectivity index (χ1n) is 4.97. The Labute approximate surface area is 93.6 Å². The van der Waals surface area contributed by atoms with Gasteiger partial charge in [0.05, 0.1) is 13.2 Å². The summed E-state index contributed by atoms with van der Waals surface area (Å²) in [7, 11) is 1.41. The number of hydrogen-bond donors (Lipinski definition) is 0. The van der Waals surface area contributed by atoms with Crippen LogP contribution in [0.4, 0.5) is 0 Å². The van der Waals surface area contributed by atoms with Gasteiger partial charge in [0.1, 0.15) is 6.54 Å². The summed E-state index contributed by atoms with van der Waals surface area (Å²) in [6.07, 6.45) is 1.33. The Morgan fingerprint density at radius 3 is 2.75 bits per heavy atom. The number of hydrogen-bond acceptors (Lipinski definition) is 4. The van der Waals surface area contributed by atoms with Crippen molar-refractivity contribution >= 4 is 5.97 Å². The van der Waals surface area contributed by atoms with E-state index in [-0.39, 0.29) is 24.0 Å². The summed E-state index contributed by atoms with van der Waals surface area (Å²) < 4.78 is 11.1. The number of esters is 1. The van der Waals surface area contributed by atoms with Crippen molar-refractivity contribution in [3.63, 3.8) is 0 Å². The van der Waals surface area contributed by atoms with Crippen molar-refractivity contribution in [1.29, 1.82) is 0 Å². The third-order valence-electron chi connectivity index (χ3n) is 1.87. The number of aromatic nitrogens is 1. The smallest absolute Gasteiger partial charge is 0.326 e. The van der Waals surface area contributed by atoms with Crippen LogP contribution in [0.3, 0.4) is 0 Å². The Kier molecular flexibility index (Phi) is 4.10. The predicted octanol–water partition coefficient (Wildman–Crippen LogP) is 0.808. The van der Waals surface area contributed by atoms with Crippen LogP contribution in [-0.4, -0.2) is 23.8 Å². The Balaban J connectivity index is 2.82. The monoisotopic (exact) mass is 225 g/mol. The molecule has 0 aromatic carbocycles. The molecule has 88 valence electrons. The Bertz CT molecular complexity index is 422. The molecule has 1 aromatic heterocycles. The molecule has 0 radical (unpaired) electrons. The molecule has 1 heterocycles. The largest absolute Gasteiger partial charge is 0.491 e. The van der Waals surface area contributed by atoms with Gasteiger partial charge in [-0.15, -0.1) is 0 Å². The van der Waals surface area contributed by atoms with Crippen molar-refractivity contribution in [3.8, 4) is 5.75 Å². The van der Waals surface area contributed by atoms with Crippen LogP contribution in [0.2, 0.25) is 0 Å². The molecule has 0 amide bonds. The van der Waals surface area contributed by atoms with Gasteiger partial charge in [-0.3, -0.25) is 9.59 Å². The number of pyridine rings is 1. The third kappa shape index (κ3) is 3.12. The van der Waals surface area contributed by atoms with E-state index in [0.717, 1.165) is 0 Å². The average molecular weight is 225 g/mol. The van der Waals surface area contributed by atoms with Crippen molar-refractivity contribution in [2.45, 2.75) is 26.5 Å². The number of ether oxygens (including phenoxy) is 2. The van der Waals surface area contributed by atoms with Gasteiger partial charge in [-0.25, -0.2) is 0 Å². The minimum Gasteiger partial charge on any atom is -0.491 e. The van der Waals surface area contributed by atoms with E-state index in [1.165, 1.54) is 17.9 Å². The van der Waals surface area contributed by atoms with Gasteiger partial charge in [-0.2, -0.15) is 0 Å². The van der Waals surface area contributed by atoms with Crippen molar-refractivity contribution < 1.29 is 14.3 Å². The van der Waals surface area contributed by atoms with Crippen LogP contribution in [0.25, 0.3) is 0 Å². The molecule has 16 heavy (non-hydrogen) atoms. The summed E-state index contributed by atoms with van der Waals surface area (Å²) in [6, 6.07) is 3.19. The van der Waals surface area contributed by atoms with Gasteiger partial charge in [0.2, 0.25) is 0 Å². The first-order valence-corrected chi connectivity index (χ1v) is 4.97. The summed E-state index contributed by atoms with van der Waals surface area (Å²) in [5, 5.41) is 0. The number of carbonyl (C=O) groups is 1. The highest BCUT2D eigenvalue weighted by molar-refractivity contribution is 5.69. The highest BCUT2D eigenvalue weighted by Crippen LogP contribution is 2.00. The van der Waals surface area contributed by atoms with E-state index < -0.39 is 5.97 Å². The molecule has 0 aliphatic rings. The lowest BCUT2D eigenvalue weighted by atomic mass is 10.4. The minimum atomic E-state index is -0.439. The van der Waals surface area contributed by atoms with Crippen molar-refractivity contribution in [1.82, 2.24) is 4.57 Å². The quantitative estimate of drug-likeness (QED) is 0.711. The highest BCUT2D eigenvalue weighted by Gasteiger charge is 2.09. The molecular formula is C11H15NO4. The molecule has 0 fully saturated rings. The van der Waals surface area contributed by atoms with Crippen LogP contribution in [0.5, 0.6) is 5.75 Å². The maximum atomic E-state index is 11.7. The molecule has 0 atom stereocenters. The zero-order valence-corrected chi connectivity index (χ0v) is 9.60. The molecule has 5 heteroatoms. The Morgan fingerprint density at radius 1 is 1.50 bits per heavy atom. The van der Waals surface area contributed by atoms with Gasteiger partial charge in [-0.05, 0) is 26.0 Å². The predicted molar refractivity (Wildman–Crippen MR) is 58.5 cm³/mol. The molecule has 0 aliphatic heterocycles. The molecule has 0 unspecified atom stereocenters. The second-order valence-electron chi connectivity index (χ2n) is 3.55. The lowest BCUT2D eigenvalue weighted by Crippen LogP contribution is -2.26. The van der Waals surface area contributed by atoms with E-state index in [2.05, 4.69) is 0 Å². The number of carbonyl (C=O) groups excluding carboxylic acids is 1. The first kappa shape index (κ1) is 12.3. The maximum Gasteiger partial charge on any atom is 0.326 e. The molecule has 0 spiro atoms. The summed E-state index contributed by atoms with van der Waals surface area (Å²) in [5.41, 5.74) is -0.342. The van der Waals surface area contributed by atoms with E-state index in [1.807, 2.05) is 0 Å². The Hall–Kier alpha value is -1.78. The maximum absolute atomic E-state index is 11.7. The van der Waals surface area contributed by atoms with Crippen molar-refractivity contribution in [3.05, 3.63) is 28.7 Å². The van der Waals surface area contributed by atoms with E-state index in [1.54, 1.807) is 26.0 Å². The highest BCUT2D eigenvalue weighted by atomic mass is 16.5. The first-order chi connectivity index (χ1) is 7.54. The molecular weight excluding hydrogens is 210 g/mol. The van der Waals surface area contributed by atoms with Gasteiger partial charge in [0, 0.05) is 6.20 Å². The van der Waals surface area contributed by atoms with E-state index in [9.17, 15) is 9.59 Å². The van der Waals surface area contributed by atoms with E-state index in [4.69, 9.17) is 9.47 Å². The van der Waals surface area contributed by atoms with Gasteiger partial charge >= 0.3 is 5.97 Å². The molecule has 0 saturated heterocycles. The fourth-order valence-electron chi connectivity index (χ4n) is 1.23. The Morgan fingerprint density at radius 2 is 2.19 bits per heavy atom. The number of rotatable bonds is 4. The van der Waals surface area contributed by atoms with Crippen molar-refractivity contribution in [2.24, 2.45) is 0 Å². The molecule has 0 N–H and O–H groups in total. The van der Waals surface area contributed by atoms with Crippen LogP contribution in [0, 0.1) is 0 Å². The zero-order valence-electron chi connectivity index (χ0n) is 9.60. The second kappa shape index (κ2) is 5.34. The summed E-state index contributed by atoms with van der Waals surface area (Å²) >= 11 is 0. The molecule has 5 nitrogen and oxygen atoms in total. The zero-order chi connectivity index (χ0) is 12.1. The lowest BCUT2D eigenvalue weighted by molar-refractivity contribution is -0.148. The molecule has 0 saturated carbocycles. The third-order valence-corrected chi connectivity index (χ3v) is 1.87. The second-order valence-corrected chi connectivity index (χ2v) is 3.55. The summed E-state index contributed by atoms with van der Waals surface area (Å²) in [5.74, 6) is -0.231. The number of nitrogens with zero attached hydrogens (tertiary/aromatic N) is 1. The van der Waals surface area contributed by atoms with Gasteiger partial charge < -0.3 is 14.0 Å². The standard InChI is InChI=1S/C11H15NO4/c1-8(2)16-10(13)7-12-6-4-5-9(15-3)11(12)14/h4-6,8H,7H2,1-3H3. The van der Waals surface area contributed by atoms with Crippen LogP contribution in [0.15, 0.2) is 23.1 Å². The normalized spacial score (nSPS) is 10.2. The van der Waals surface area contributed by atoms with Gasteiger partial charge in [0.15, 0.2) is 5.75 Å². The SMILES string of the molecule is COc1cccn(CC(=O)OC(C)C)c1=O.